The number of anilines is 1. The summed E-state index contributed by atoms with van der Waals surface area (Å²) in [6.45, 7) is 3.84. The van der Waals surface area contributed by atoms with Crippen LogP contribution in [0.15, 0.2) is 18.3 Å². The third kappa shape index (κ3) is 1.96. The molecule has 1 aromatic heterocycles. The van der Waals surface area contributed by atoms with Gasteiger partial charge in [0.25, 0.3) is 0 Å². The Balaban J connectivity index is 1.66. The molecule has 116 valence electrons. The summed E-state index contributed by atoms with van der Waals surface area (Å²) in [5.74, 6) is 0.644. The molecule has 2 aromatic rings. The van der Waals surface area contributed by atoms with Gasteiger partial charge in [0.1, 0.15) is 0 Å². The average molecular weight is 298 g/mol. The Morgan fingerprint density at radius 1 is 1.41 bits per heavy atom. The highest BCUT2D eigenvalue weighted by Crippen LogP contribution is 2.44. The van der Waals surface area contributed by atoms with Crippen molar-refractivity contribution in [2.75, 3.05) is 18.4 Å². The molecule has 0 spiro atoms. The molecule has 4 rings (SSSR count). The van der Waals surface area contributed by atoms with E-state index in [0.717, 1.165) is 54.5 Å². The van der Waals surface area contributed by atoms with Crippen LogP contribution < -0.4 is 10.6 Å². The number of hydrogen-bond acceptors (Lipinski definition) is 3. The molecule has 2 atom stereocenters. The van der Waals surface area contributed by atoms with Crippen molar-refractivity contribution >= 4 is 22.5 Å². The average Bonchev–Trinajstić information content (AvgIpc) is 3.17. The van der Waals surface area contributed by atoms with Crippen LogP contribution in [0.5, 0.6) is 0 Å². The molecule has 5 nitrogen and oxygen atoms in total. The number of aryl methyl sites for hydroxylation is 1. The fraction of sp³-hybridized carbons (Fsp3) is 0.529. The van der Waals surface area contributed by atoms with Crippen LogP contribution in [0.25, 0.3) is 10.9 Å². The van der Waals surface area contributed by atoms with Gasteiger partial charge in [-0.2, -0.15) is 5.10 Å². The van der Waals surface area contributed by atoms with Crippen LogP contribution in [0.3, 0.4) is 0 Å². The monoisotopic (exact) mass is 298 g/mol. The van der Waals surface area contributed by atoms with E-state index < -0.39 is 0 Å². The molecule has 2 heterocycles. The molecule has 1 aliphatic carbocycles. The molecule has 0 unspecified atom stereocenters. The minimum absolute atomic E-state index is 0.168. The predicted octanol–water partition coefficient (Wildman–Crippen LogP) is 2.59. The number of amides is 1. The van der Waals surface area contributed by atoms with Crippen LogP contribution in [0, 0.1) is 18.3 Å². The Morgan fingerprint density at radius 3 is 3.23 bits per heavy atom. The predicted molar refractivity (Wildman–Crippen MR) is 86.7 cm³/mol. The van der Waals surface area contributed by atoms with Crippen molar-refractivity contribution in [2.24, 2.45) is 11.3 Å². The molecule has 5 heteroatoms. The summed E-state index contributed by atoms with van der Waals surface area (Å²) in [6.07, 6.45) is 6.37. The van der Waals surface area contributed by atoms with E-state index in [1.807, 2.05) is 18.3 Å². The Hall–Kier alpha value is -1.88. The van der Waals surface area contributed by atoms with Crippen molar-refractivity contribution in [1.29, 1.82) is 0 Å². The molecule has 1 aliphatic heterocycles. The second kappa shape index (κ2) is 5.09. The molecule has 2 fully saturated rings. The molecule has 1 saturated heterocycles. The van der Waals surface area contributed by atoms with Crippen LogP contribution in [0.1, 0.15) is 31.2 Å². The highest BCUT2D eigenvalue weighted by atomic mass is 16.2. The molecule has 2 aliphatic rings. The largest absolute Gasteiger partial charge is 0.324 e. The van der Waals surface area contributed by atoms with Crippen molar-refractivity contribution in [2.45, 2.75) is 32.6 Å². The number of nitrogens with zero attached hydrogens (tertiary/aromatic N) is 1. The van der Waals surface area contributed by atoms with E-state index >= 15 is 0 Å². The molecule has 0 bridgehead atoms. The molecular weight excluding hydrogens is 276 g/mol. The van der Waals surface area contributed by atoms with E-state index in [1.165, 1.54) is 6.42 Å². The highest BCUT2D eigenvalue weighted by Gasteiger charge is 2.49. The number of hydrogen-bond donors (Lipinski definition) is 3. The molecule has 3 N–H and O–H groups in total. The molecule has 1 aromatic carbocycles. The fourth-order valence-corrected chi connectivity index (χ4v) is 4.21. The van der Waals surface area contributed by atoms with Gasteiger partial charge in [-0.1, -0.05) is 18.9 Å². The van der Waals surface area contributed by atoms with E-state index in [0.29, 0.717) is 5.92 Å². The first-order valence-corrected chi connectivity index (χ1v) is 8.15. The Labute approximate surface area is 129 Å². The van der Waals surface area contributed by atoms with E-state index in [-0.39, 0.29) is 11.3 Å². The van der Waals surface area contributed by atoms with Crippen molar-refractivity contribution < 1.29 is 4.79 Å². The fourth-order valence-electron chi connectivity index (χ4n) is 4.21. The van der Waals surface area contributed by atoms with Crippen molar-refractivity contribution in [3.8, 4) is 0 Å². The van der Waals surface area contributed by atoms with Gasteiger partial charge in [0.15, 0.2) is 0 Å². The lowest BCUT2D eigenvalue weighted by Gasteiger charge is -2.37. The quantitative estimate of drug-likeness (QED) is 0.798. The smallest absolute Gasteiger partial charge is 0.232 e. The maximum absolute atomic E-state index is 13.0. The Kier molecular flexibility index (Phi) is 3.18. The van der Waals surface area contributed by atoms with Gasteiger partial charge in [0, 0.05) is 11.9 Å². The number of H-pyrrole nitrogens is 1. The first kappa shape index (κ1) is 13.8. The summed E-state index contributed by atoms with van der Waals surface area (Å²) < 4.78 is 0. The van der Waals surface area contributed by atoms with Crippen molar-refractivity contribution in [3.05, 3.63) is 23.9 Å². The van der Waals surface area contributed by atoms with Crippen LogP contribution in [0.4, 0.5) is 5.69 Å². The Bertz CT molecular complexity index is 723. The maximum Gasteiger partial charge on any atom is 0.232 e. The number of rotatable bonds is 2. The summed E-state index contributed by atoms with van der Waals surface area (Å²) in [5, 5.41) is 14.8. The van der Waals surface area contributed by atoms with Gasteiger partial charge < -0.3 is 10.6 Å². The number of nitrogens with one attached hydrogen (secondary N) is 3. The van der Waals surface area contributed by atoms with E-state index in [1.54, 1.807) is 0 Å². The molecule has 1 saturated carbocycles. The number of carbonyl (C=O) groups excluding carboxylic acids is 1. The standard InChI is InChI=1S/C17H22N4O/c1-11-5-6-14(15-13(11)9-19-21-15)20-16(22)17-7-3-2-4-12(17)8-18-10-17/h5-6,9,12,18H,2-4,7-8,10H2,1H3,(H,19,21)(H,20,22)/t12-,17+/m0/s1. The first-order chi connectivity index (χ1) is 10.7. The third-order valence-corrected chi connectivity index (χ3v) is 5.57. The van der Waals surface area contributed by atoms with Crippen molar-refractivity contribution in [3.63, 3.8) is 0 Å². The summed E-state index contributed by atoms with van der Waals surface area (Å²) in [7, 11) is 0. The lowest BCUT2D eigenvalue weighted by Crippen LogP contribution is -2.44. The maximum atomic E-state index is 13.0. The van der Waals surface area contributed by atoms with E-state index in [2.05, 4.69) is 27.8 Å². The topological polar surface area (TPSA) is 69.8 Å². The number of aromatic amines is 1. The Morgan fingerprint density at radius 2 is 2.32 bits per heavy atom. The highest BCUT2D eigenvalue weighted by molar-refractivity contribution is 6.03. The summed E-state index contributed by atoms with van der Waals surface area (Å²) >= 11 is 0. The van der Waals surface area contributed by atoms with Crippen LogP contribution in [-0.2, 0) is 4.79 Å². The number of carbonyl (C=O) groups is 1. The van der Waals surface area contributed by atoms with Crippen LogP contribution in [-0.4, -0.2) is 29.2 Å². The summed E-state index contributed by atoms with van der Waals surface area (Å²) in [5.41, 5.74) is 2.70. The van der Waals surface area contributed by atoms with Crippen molar-refractivity contribution in [1.82, 2.24) is 15.5 Å². The van der Waals surface area contributed by atoms with Gasteiger partial charge in [0.05, 0.1) is 22.8 Å². The second-order valence-corrected chi connectivity index (χ2v) is 6.77. The summed E-state index contributed by atoms with van der Waals surface area (Å²) in [4.78, 5) is 13.0. The number of aromatic nitrogens is 2. The molecular formula is C17H22N4O. The normalized spacial score (nSPS) is 27.8. The minimum Gasteiger partial charge on any atom is -0.324 e. The number of benzene rings is 1. The zero-order chi connectivity index (χ0) is 15.2. The second-order valence-electron chi connectivity index (χ2n) is 6.77. The molecule has 1 amide bonds. The minimum atomic E-state index is -0.227. The van der Waals surface area contributed by atoms with Gasteiger partial charge >= 0.3 is 0 Å². The molecule has 22 heavy (non-hydrogen) atoms. The van der Waals surface area contributed by atoms with Gasteiger partial charge in [-0.05, 0) is 43.9 Å². The SMILES string of the molecule is Cc1ccc(NC(=O)[C@@]23CCCC[C@H]2CNC3)c2[nH]ncc12. The van der Waals surface area contributed by atoms with E-state index in [9.17, 15) is 4.79 Å². The number of fused-ring (bicyclic) bond motifs is 2. The molecule has 0 radical (unpaired) electrons. The summed E-state index contributed by atoms with van der Waals surface area (Å²) in [6, 6.07) is 4.01. The van der Waals surface area contributed by atoms with Gasteiger partial charge in [-0.25, -0.2) is 0 Å². The van der Waals surface area contributed by atoms with Gasteiger partial charge in [-0.3, -0.25) is 9.89 Å². The lowest BCUT2D eigenvalue weighted by atomic mass is 9.67. The van der Waals surface area contributed by atoms with Crippen LogP contribution in [0.2, 0.25) is 0 Å². The van der Waals surface area contributed by atoms with Crippen LogP contribution >= 0.6 is 0 Å². The first-order valence-electron chi connectivity index (χ1n) is 8.15. The lowest BCUT2D eigenvalue weighted by molar-refractivity contribution is -0.128. The van der Waals surface area contributed by atoms with E-state index in [4.69, 9.17) is 0 Å². The van der Waals surface area contributed by atoms with Gasteiger partial charge in [-0.15, -0.1) is 0 Å². The van der Waals surface area contributed by atoms with Gasteiger partial charge in [0.2, 0.25) is 5.91 Å². The zero-order valence-corrected chi connectivity index (χ0v) is 12.9. The third-order valence-electron chi connectivity index (χ3n) is 5.57. The zero-order valence-electron chi connectivity index (χ0n) is 12.9.